The maximum absolute atomic E-state index is 13.1. The van der Waals surface area contributed by atoms with Gasteiger partial charge in [0.15, 0.2) is 0 Å². The number of carbonyl (C=O) groups is 1. The Morgan fingerprint density at radius 1 is 1.23 bits per heavy atom. The summed E-state index contributed by atoms with van der Waals surface area (Å²) in [7, 11) is 0. The Morgan fingerprint density at radius 3 is 2.55 bits per heavy atom. The molecule has 0 fully saturated rings. The Bertz CT molecular complexity index is 618. The molecule has 0 N–H and O–H groups in total. The van der Waals surface area contributed by atoms with Crippen molar-refractivity contribution in [2.75, 3.05) is 0 Å². The van der Waals surface area contributed by atoms with Crippen LogP contribution in [0.1, 0.15) is 45.3 Å². The highest BCUT2D eigenvalue weighted by atomic mass is 19.1. The molecule has 0 radical (unpaired) electrons. The van der Waals surface area contributed by atoms with Gasteiger partial charge in [0.1, 0.15) is 23.3 Å². The van der Waals surface area contributed by atoms with Crippen LogP contribution in [0.25, 0.3) is 0 Å². The fourth-order valence-corrected chi connectivity index (χ4v) is 2.81. The van der Waals surface area contributed by atoms with Crippen molar-refractivity contribution in [3.63, 3.8) is 0 Å². The van der Waals surface area contributed by atoms with E-state index in [1.165, 1.54) is 12.1 Å². The quantitative estimate of drug-likeness (QED) is 0.783. The van der Waals surface area contributed by atoms with Gasteiger partial charge in [-0.2, -0.15) is 0 Å². The molecular weight excluding hydrogens is 287 g/mol. The fraction of sp³-hybridized carbons (Fsp3) is 0.471. The first kappa shape index (κ1) is 15.0. The van der Waals surface area contributed by atoms with Gasteiger partial charge in [-0.05, 0) is 24.1 Å². The van der Waals surface area contributed by atoms with Crippen molar-refractivity contribution < 1.29 is 23.4 Å². The van der Waals surface area contributed by atoms with E-state index < -0.39 is 17.9 Å². The molecule has 0 unspecified atom stereocenters. The lowest BCUT2D eigenvalue weighted by Crippen LogP contribution is -2.42. The molecule has 0 aliphatic carbocycles. The normalized spacial score (nSPS) is 27.0. The van der Waals surface area contributed by atoms with Gasteiger partial charge in [0.05, 0.1) is 6.10 Å². The number of hydrogen-bond acceptors (Lipinski definition) is 4. The van der Waals surface area contributed by atoms with Crippen LogP contribution in [0, 0.1) is 5.82 Å². The number of cyclic esters (lactones) is 1. The van der Waals surface area contributed by atoms with Crippen LogP contribution in [0.3, 0.4) is 0 Å². The smallest absolute Gasteiger partial charge is 0.343 e. The third-order valence-corrected chi connectivity index (χ3v) is 3.86. The van der Waals surface area contributed by atoms with Crippen LogP contribution in [-0.4, -0.2) is 17.9 Å². The van der Waals surface area contributed by atoms with Crippen LogP contribution in [0.2, 0.25) is 0 Å². The van der Waals surface area contributed by atoms with Gasteiger partial charge in [0.25, 0.3) is 0 Å². The number of hydrogen-bond donors (Lipinski definition) is 0. The molecule has 0 saturated carbocycles. The molecule has 1 aromatic rings. The Labute approximate surface area is 128 Å². The van der Waals surface area contributed by atoms with Crippen molar-refractivity contribution >= 4 is 5.97 Å². The highest BCUT2D eigenvalue weighted by Gasteiger charge is 2.44. The van der Waals surface area contributed by atoms with E-state index in [4.69, 9.17) is 14.2 Å². The molecule has 0 amide bonds. The summed E-state index contributed by atoms with van der Waals surface area (Å²) in [5.74, 6) is -1.12. The van der Waals surface area contributed by atoms with Gasteiger partial charge in [-0.25, -0.2) is 9.18 Å². The van der Waals surface area contributed by atoms with Gasteiger partial charge in [0.2, 0.25) is 5.79 Å². The van der Waals surface area contributed by atoms with Crippen LogP contribution in [0.5, 0.6) is 0 Å². The Hall–Kier alpha value is -1.88. The molecule has 2 heterocycles. The van der Waals surface area contributed by atoms with Crippen LogP contribution >= 0.6 is 0 Å². The van der Waals surface area contributed by atoms with E-state index in [2.05, 4.69) is 0 Å². The molecule has 1 aromatic carbocycles. The Morgan fingerprint density at radius 2 is 1.91 bits per heavy atom. The minimum absolute atomic E-state index is 0.0458. The topological polar surface area (TPSA) is 44.8 Å². The molecule has 5 heteroatoms. The number of esters is 1. The predicted molar refractivity (Wildman–Crippen MR) is 77.2 cm³/mol. The van der Waals surface area contributed by atoms with E-state index in [1.807, 2.05) is 6.92 Å². The molecule has 2 aliphatic heterocycles. The third-order valence-electron chi connectivity index (χ3n) is 3.86. The van der Waals surface area contributed by atoms with Crippen molar-refractivity contribution in [1.29, 1.82) is 0 Å². The van der Waals surface area contributed by atoms with E-state index in [9.17, 15) is 9.18 Å². The number of rotatable bonds is 2. The van der Waals surface area contributed by atoms with E-state index in [0.29, 0.717) is 23.3 Å². The molecule has 2 atom stereocenters. The van der Waals surface area contributed by atoms with Gasteiger partial charge < -0.3 is 14.2 Å². The van der Waals surface area contributed by atoms with Crippen LogP contribution in [-0.2, 0) is 19.0 Å². The average Bonchev–Trinajstić information content (AvgIpc) is 2.45. The van der Waals surface area contributed by atoms with E-state index in [-0.39, 0.29) is 11.9 Å². The Kier molecular flexibility index (Phi) is 3.68. The second kappa shape index (κ2) is 5.39. The van der Waals surface area contributed by atoms with Crippen molar-refractivity contribution in [3.05, 3.63) is 47.0 Å². The van der Waals surface area contributed by atoms with Gasteiger partial charge in [0, 0.05) is 20.3 Å². The highest BCUT2D eigenvalue weighted by molar-refractivity contribution is 5.91. The largest absolute Gasteiger partial charge is 0.456 e. The second-order valence-electron chi connectivity index (χ2n) is 6.03. The van der Waals surface area contributed by atoms with Crippen LogP contribution < -0.4 is 0 Å². The molecular formula is C17H19FO4. The van der Waals surface area contributed by atoms with Crippen molar-refractivity contribution in [1.82, 2.24) is 0 Å². The molecule has 2 aliphatic rings. The maximum Gasteiger partial charge on any atom is 0.343 e. The highest BCUT2D eigenvalue weighted by Crippen LogP contribution is 2.42. The van der Waals surface area contributed by atoms with E-state index in [1.54, 1.807) is 26.0 Å². The van der Waals surface area contributed by atoms with Gasteiger partial charge in [-0.15, -0.1) is 0 Å². The zero-order chi connectivity index (χ0) is 15.9. The van der Waals surface area contributed by atoms with Crippen LogP contribution in [0.15, 0.2) is 35.6 Å². The first-order valence-electron chi connectivity index (χ1n) is 7.46. The second-order valence-corrected chi connectivity index (χ2v) is 6.03. The SMILES string of the molecule is CC[C@@H]1CC2=C(C(=O)OC(C)(C)O2)[C@H](c2ccc(F)cc2)O1. The molecule has 22 heavy (non-hydrogen) atoms. The molecule has 118 valence electrons. The average molecular weight is 306 g/mol. The standard InChI is InChI=1S/C17H19FO4/c1-4-12-9-13-14(16(19)22-17(2,3)21-13)15(20-12)10-5-7-11(18)8-6-10/h5-8,12,15H,4,9H2,1-3H3/t12-,15+/m1/s1. The summed E-state index contributed by atoms with van der Waals surface area (Å²) in [4.78, 5) is 12.4. The molecule has 0 aromatic heterocycles. The number of ether oxygens (including phenoxy) is 3. The zero-order valence-corrected chi connectivity index (χ0v) is 12.9. The first-order chi connectivity index (χ1) is 10.4. The minimum atomic E-state index is -0.973. The summed E-state index contributed by atoms with van der Waals surface area (Å²) in [5.41, 5.74) is 1.10. The first-order valence-corrected chi connectivity index (χ1v) is 7.46. The monoisotopic (exact) mass is 306 g/mol. The molecule has 0 spiro atoms. The van der Waals surface area contributed by atoms with Crippen molar-refractivity contribution in [3.8, 4) is 0 Å². The molecule has 4 nitrogen and oxygen atoms in total. The van der Waals surface area contributed by atoms with Crippen LogP contribution in [0.4, 0.5) is 4.39 Å². The maximum atomic E-state index is 13.1. The van der Waals surface area contributed by atoms with Crippen molar-refractivity contribution in [2.45, 2.75) is 51.6 Å². The van der Waals surface area contributed by atoms with Gasteiger partial charge >= 0.3 is 5.97 Å². The number of benzene rings is 1. The van der Waals surface area contributed by atoms with E-state index in [0.717, 1.165) is 6.42 Å². The summed E-state index contributed by atoms with van der Waals surface area (Å²) in [6, 6.07) is 5.95. The van der Waals surface area contributed by atoms with Gasteiger partial charge in [-0.1, -0.05) is 19.1 Å². The molecule has 0 saturated heterocycles. The molecule has 3 rings (SSSR count). The summed E-state index contributed by atoms with van der Waals surface area (Å²) in [5, 5.41) is 0. The van der Waals surface area contributed by atoms with Crippen molar-refractivity contribution in [2.24, 2.45) is 0 Å². The number of carbonyl (C=O) groups excluding carboxylic acids is 1. The summed E-state index contributed by atoms with van der Waals surface area (Å²) >= 11 is 0. The van der Waals surface area contributed by atoms with E-state index >= 15 is 0 Å². The number of halogens is 1. The molecule has 0 bridgehead atoms. The lowest BCUT2D eigenvalue weighted by atomic mass is 9.93. The van der Waals surface area contributed by atoms with Gasteiger partial charge in [-0.3, -0.25) is 0 Å². The third kappa shape index (κ3) is 2.73. The lowest BCUT2D eigenvalue weighted by molar-refractivity contribution is -0.217. The minimum Gasteiger partial charge on any atom is -0.456 e. The summed E-state index contributed by atoms with van der Waals surface area (Å²) in [6.07, 6.45) is 0.712. The fourth-order valence-electron chi connectivity index (χ4n) is 2.81. The zero-order valence-electron chi connectivity index (χ0n) is 12.9. The lowest BCUT2D eigenvalue weighted by Gasteiger charge is -2.40. The Balaban J connectivity index is 2.04. The summed E-state index contributed by atoms with van der Waals surface area (Å²) < 4.78 is 30.3. The predicted octanol–water partition coefficient (Wildman–Crippen LogP) is 3.63. The summed E-state index contributed by atoms with van der Waals surface area (Å²) in [6.45, 7) is 5.43.